The van der Waals surface area contributed by atoms with Gasteiger partial charge in [-0.05, 0) is 11.8 Å². The van der Waals surface area contributed by atoms with E-state index in [2.05, 4.69) is 5.32 Å². The third-order valence-corrected chi connectivity index (χ3v) is 1.70. The van der Waals surface area contributed by atoms with E-state index < -0.39 is 12.1 Å². The summed E-state index contributed by atoms with van der Waals surface area (Å²) in [5, 5.41) is 2.49. The van der Waals surface area contributed by atoms with Gasteiger partial charge in [0.15, 0.2) is 0 Å². The van der Waals surface area contributed by atoms with Gasteiger partial charge >= 0.3 is 6.09 Å². The molecular weight excluding hydrogens is 182 g/mol. The number of rotatable bonds is 5. The van der Waals surface area contributed by atoms with Gasteiger partial charge in [-0.3, -0.25) is 0 Å². The van der Waals surface area contributed by atoms with Crippen LogP contribution in [-0.4, -0.2) is 25.0 Å². The zero-order valence-corrected chi connectivity index (χ0v) is 9.24. The van der Waals surface area contributed by atoms with Crippen molar-refractivity contribution in [1.29, 1.82) is 0 Å². The molecule has 0 bridgehead atoms. The Balaban J connectivity index is 3.85. The SMILES string of the molecule is CC(C)COC(=O)N[C@H](C=O)C(C)C. The van der Waals surface area contributed by atoms with Crippen LogP contribution in [0.3, 0.4) is 0 Å². The molecule has 0 heterocycles. The van der Waals surface area contributed by atoms with Gasteiger partial charge < -0.3 is 14.8 Å². The fourth-order valence-electron chi connectivity index (χ4n) is 0.778. The van der Waals surface area contributed by atoms with E-state index in [-0.39, 0.29) is 5.92 Å². The lowest BCUT2D eigenvalue weighted by Gasteiger charge is -2.16. The molecule has 0 unspecified atom stereocenters. The van der Waals surface area contributed by atoms with Crippen molar-refractivity contribution in [2.75, 3.05) is 6.61 Å². The highest BCUT2D eigenvalue weighted by Gasteiger charge is 2.15. The molecule has 0 aromatic heterocycles. The van der Waals surface area contributed by atoms with Crippen molar-refractivity contribution < 1.29 is 14.3 Å². The molecule has 4 nitrogen and oxygen atoms in total. The second kappa shape index (κ2) is 6.40. The van der Waals surface area contributed by atoms with Crippen LogP contribution in [0.25, 0.3) is 0 Å². The summed E-state index contributed by atoms with van der Waals surface area (Å²) in [4.78, 5) is 21.7. The highest BCUT2D eigenvalue weighted by molar-refractivity contribution is 5.73. The van der Waals surface area contributed by atoms with Crippen LogP contribution in [0.4, 0.5) is 4.79 Å². The van der Waals surface area contributed by atoms with E-state index in [1.165, 1.54) is 0 Å². The van der Waals surface area contributed by atoms with Crippen LogP contribution in [0.15, 0.2) is 0 Å². The Morgan fingerprint density at radius 1 is 1.36 bits per heavy atom. The minimum Gasteiger partial charge on any atom is -0.449 e. The fraction of sp³-hybridized carbons (Fsp3) is 0.800. The number of ether oxygens (including phenoxy) is 1. The van der Waals surface area contributed by atoms with E-state index in [0.29, 0.717) is 12.5 Å². The Hall–Kier alpha value is -1.06. The summed E-state index contributed by atoms with van der Waals surface area (Å²) >= 11 is 0. The van der Waals surface area contributed by atoms with E-state index >= 15 is 0 Å². The van der Waals surface area contributed by atoms with Crippen molar-refractivity contribution in [3.63, 3.8) is 0 Å². The molecule has 0 aliphatic heterocycles. The summed E-state index contributed by atoms with van der Waals surface area (Å²) < 4.78 is 4.88. The van der Waals surface area contributed by atoms with Gasteiger partial charge in [0.1, 0.15) is 6.29 Å². The lowest BCUT2D eigenvalue weighted by atomic mass is 10.1. The zero-order valence-electron chi connectivity index (χ0n) is 9.24. The van der Waals surface area contributed by atoms with Gasteiger partial charge in [0, 0.05) is 0 Å². The lowest BCUT2D eigenvalue weighted by molar-refractivity contribution is -0.110. The molecule has 0 rings (SSSR count). The maximum absolute atomic E-state index is 11.1. The molecule has 0 aliphatic rings. The molecule has 14 heavy (non-hydrogen) atoms. The molecule has 0 aromatic carbocycles. The molecule has 0 saturated carbocycles. The summed E-state index contributed by atoms with van der Waals surface area (Å²) in [6.45, 7) is 8.00. The largest absolute Gasteiger partial charge is 0.449 e. The number of alkyl carbamates (subject to hydrolysis) is 1. The molecule has 1 atom stereocenters. The predicted octanol–water partition coefficient (Wildman–Crippen LogP) is 1.59. The van der Waals surface area contributed by atoms with Crippen LogP contribution in [0, 0.1) is 11.8 Å². The molecule has 0 radical (unpaired) electrons. The second-order valence-corrected chi connectivity index (χ2v) is 4.04. The van der Waals surface area contributed by atoms with Crippen LogP contribution in [0.5, 0.6) is 0 Å². The van der Waals surface area contributed by atoms with Crippen LogP contribution in [-0.2, 0) is 9.53 Å². The number of hydrogen-bond acceptors (Lipinski definition) is 3. The third-order valence-electron chi connectivity index (χ3n) is 1.70. The Bertz CT molecular complexity index is 190. The average molecular weight is 201 g/mol. The average Bonchev–Trinajstić information content (AvgIpc) is 2.10. The van der Waals surface area contributed by atoms with Gasteiger partial charge in [0.25, 0.3) is 0 Å². The van der Waals surface area contributed by atoms with E-state index in [0.717, 1.165) is 6.29 Å². The van der Waals surface area contributed by atoms with Crippen molar-refractivity contribution in [2.24, 2.45) is 11.8 Å². The Kier molecular flexibility index (Phi) is 5.92. The van der Waals surface area contributed by atoms with Crippen molar-refractivity contribution in [3.8, 4) is 0 Å². The Morgan fingerprint density at radius 3 is 2.29 bits per heavy atom. The van der Waals surface area contributed by atoms with Crippen molar-refractivity contribution in [1.82, 2.24) is 5.32 Å². The standard InChI is InChI=1S/C10H19NO3/c1-7(2)6-14-10(13)11-9(5-12)8(3)4/h5,7-9H,6H2,1-4H3,(H,11,13)/t9-/m1/s1. The van der Waals surface area contributed by atoms with E-state index in [9.17, 15) is 9.59 Å². The maximum atomic E-state index is 11.1. The zero-order chi connectivity index (χ0) is 11.1. The van der Waals surface area contributed by atoms with Gasteiger partial charge in [0.05, 0.1) is 12.6 Å². The smallest absolute Gasteiger partial charge is 0.407 e. The highest BCUT2D eigenvalue weighted by Crippen LogP contribution is 1.99. The van der Waals surface area contributed by atoms with Gasteiger partial charge in [-0.2, -0.15) is 0 Å². The summed E-state index contributed by atoms with van der Waals surface area (Å²) in [5.74, 6) is 0.383. The van der Waals surface area contributed by atoms with E-state index in [1.807, 2.05) is 27.7 Å². The van der Waals surface area contributed by atoms with Crippen LogP contribution >= 0.6 is 0 Å². The van der Waals surface area contributed by atoms with Crippen LogP contribution in [0.2, 0.25) is 0 Å². The maximum Gasteiger partial charge on any atom is 0.407 e. The summed E-state index contributed by atoms with van der Waals surface area (Å²) in [6.07, 6.45) is 0.200. The van der Waals surface area contributed by atoms with Crippen LogP contribution in [0.1, 0.15) is 27.7 Å². The summed E-state index contributed by atoms with van der Waals surface area (Å²) in [5.41, 5.74) is 0. The summed E-state index contributed by atoms with van der Waals surface area (Å²) in [6, 6.07) is -0.463. The van der Waals surface area contributed by atoms with Gasteiger partial charge in [-0.15, -0.1) is 0 Å². The van der Waals surface area contributed by atoms with Gasteiger partial charge in [-0.25, -0.2) is 4.79 Å². The number of carbonyl (C=O) groups excluding carboxylic acids is 2. The minimum absolute atomic E-state index is 0.0825. The molecule has 4 heteroatoms. The van der Waals surface area contributed by atoms with Crippen molar-refractivity contribution in [3.05, 3.63) is 0 Å². The molecule has 0 aromatic rings. The molecule has 0 spiro atoms. The van der Waals surface area contributed by atoms with E-state index in [4.69, 9.17) is 4.74 Å². The number of aldehydes is 1. The lowest BCUT2D eigenvalue weighted by Crippen LogP contribution is -2.40. The summed E-state index contributed by atoms with van der Waals surface area (Å²) in [7, 11) is 0. The molecule has 1 N–H and O–H groups in total. The van der Waals surface area contributed by atoms with Gasteiger partial charge in [-0.1, -0.05) is 27.7 Å². The van der Waals surface area contributed by atoms with Crippen molar-refractivity contribution in [2.45, 2.75) is 33.7 Å². The normalized spacial score (nSPS) is 12.7. The molecular formula is C10H19NO3. The number of carbonyl (C=O) groups is 2. The molecule has 1 amide bonds. The monoisotopic (exact) mass is 201 g/mol. The molecule has 0 fully saturated rings. The topological polar surface area (TPSA) is 55.4 Å². The number of hydrogen-bond donors (Lipinski definition) is 1. The molecule has 82 valence electrons. The Morgan fingerprint density at radius 2 is 1.93 bits per heavy atom. The Labute approximate surface area is 85.0 Å². The van der Waals surface area contributed by atoms with Crippen molar-refractivity contribution >= 4 is 12.4 Å². The quantitative estimate of drug-likeness (QED) is 0.687. The first kappa shape index (κ1) is 12.9. The van der Waals surface area contributed by atoms with E-state index in [1.54, 1.807) is 0 Å². The van der Waals surface area contributed by atoms with Crippen LogP contribution < -0.4 is 5.32 Å². The highest BCUT2D eigenvalue weighted by atomic mass is 16.5. The first-order valence-corrected chi connectivity index (χ1v) is 4.86. The second-order valence-electron chi connectivity index (χ2n) is 4.04. The molecule has 0 aliphatic carbocycles. The fourth-order valence-corrected chi connectivity index (χ4v) is 0.778. The first-order valence-electron chi connectivity index (χ1n) is 4.86. The minimum atomic E-state index is -0.524. The predicted molar refractivity (Wildman–Crippen MR) is 54.0 cm³/mol. The van der Waals surface area contributed by atoms with Gasteiger partial charge in [0.2, 0.25) is 0 Å². The molecule has 0 saturated heterocycles. The number of nitrogens with one attached hydrogen (secondary N) is 1. The number of amides is 1. The first-order chi connectivity index (χ1) is 6.47. The third kappa shape index (κ3) is 5.56.